The third kappa shape index (κ3) is 3.52. The van der Waals surface area contributed by atoms with Crippen molar-refractivity contribution in [1.82, 2.24) is 0 Å². The van der Waals surface area contributed by atoms with Crippen LogP contribution in [-0.4, -0.2) is 23.4 Å². The molecule has 2 aromatic rings. The quantitative estimate of drug-likeness (QED) is 0.374. The molecule has 2 rings (SSSR count). The maximum Gasteiger partial charge on any atom is 0.397 e. The third-order valence-electron chi connectivity index (χ3n) is 2.99. The molecule has 2 aromatic carbocycles. The van der Waals surface area contributed by atoms with Crippen molar-refractivity contribution in [1.29, 1.82) is 0 Å². The van der Waals surface area contributed by atoms with Gasteiger partial charge in [-0.1, -0.05) is 30.3 Å². The smallest absolute Gasteiger partial charge is 0.397 e. The van der Waals surface area contributed by atoms with E-state index < -0.39 is 16.8 Å². The summed E-state index contributed by atoms with van der Waals surface area (Å²) in [4.78, 5) is 35.9. The second-order valence-corrected chi connectivity index (χ2v) is 4.44. The molecule has 1 amide bonds. The van der Waals surface area contributed by atoms with Crippen molar-refractivity contribution in [2.45, 2.75) is 6.92 Å². The highest BCUT2D eigenvalue weighted by Gasteiger charge is 2.30. The van der Waals surface area contributed by atoms with Crippen LogP contribution in [0.25, 0.3) is 0 Å². The maximum atomic E-state index is 12.4. The Labute approximate surface area is 132 Å². The van der Waals surface area contributed by atoms with Crippen molar-refractivity contribution in [2.24, 2.45) is 0 Å². The minimum Gasteiger partial charge on any atom is -0.459 e. The molecule has 0 N–H and O–H groups in total. The van der Waals surface area contributed by atoms with E-state index >= 15 is 0 Å². The van der Waals surface area contributed by atoms with Gasteiger partial charge in [0, 0.05) is 11.8 Å². The fourth-order valence-corrected chi connectivity index (χ4v) is 2.03. The van der Waals surface area contributed by atoms with Gasteiger partial charge in [-0.15, -0.1) is 0 Å². The lowest BCUT2D eigenvalue weighted by Gasteiger charge is -2.21. The summed E-state index contributed by atoms with van der Waals surface area (Å²) in [5, 5.41) is 11.2. The third-order valence-corrected chi connectivity index (χ3v) is 2.99. The van der Waals surface area contributed by atoms with Crippen molar-refractivity contribution >= 4 is 28.9 Å². The molecule has 0 bridgehead atoms. The number of nitro groups is 1. The standard InChI is InChI=1S/C16H14N2O5/c1-2-23-16(20)15(19)17(12-8-4-3-5-9-12)13-10-6-7-11-14(13)18(21)22/h3-11H,2H2,1H3. The van der Waals surface area contributed by atoms with Crippen LogP contribution in [0.15, 0.2) is 54.6 Å². The molecule has 23 heavy (non-hydrogen) atoms. The number of nitro benzene ring substituents is 1. The number of carbonyl (C=O) groups excluding carboxylic acids is 2. The lowest BCUT2D eigenvalue weighted by Crippen LogP contribution is -2.34. The van der Waals surface area contributed by atoms with Gasteiger partial charge in [-0.3, -0.25) is 19.8 Å². The number of benzene rings is 2. The lowest BCUT2D eigenvalue weighted by atomic mass is 10.2. The molecule has 0 radical (unpaired) electrons. The van der Waals surface area contributed by atoms with Gasteiger partial charge in [0.2, 0.25) is 0 Å². The Morgan fingerprint density at radius 1 is 1.09 bits per heavy atom. The molecule has 0 atom stereocenters. The van der Waals surface area contributed by atoms with Gasteiger partial charge >= 0.3 is 11.9 Å². The van der Waals surface area contributed by atoms with E-state index in [0.29, 0.717) is 5.69 Å². The van der Waals surface area contributed by atoms with Gasteiger partial charge in [-0.2, -0.15) is 0 Å². The highest BCUT2D eigenvalue weighted by Crippen LogP contribution is 2.33. The minimum atomic E-state index is -1.07. The Morgan fingerprint density at radius 3 is 2.30 bits per heavy atom. The Hall–Kier alpha value is -3.22. The summed E-state index contributed by atoms with van der Waals surface area (Å²) < 4.78 is 4.73. The summed E-state index contributed by atoms with van der Waals surface area (Å²) in [6, 6.07) is 13.9. The van der Waals surface area contributed by atoms with Crippen molar-refractivity contribution in [3.8, 4) is 0 Å². The van der Waals surface area contributed by atoms with Crippen LogP contribution in [-0.2, 0) is 14.3 Å². The highest BCUT2D eigenvalue weighted by molar-refractivity contribution is 6.40. The molecule has 0 aromatic heterocycles. The van der Waals surface area contributed by atoms with Gasteiger partial charge in [0.1, 0.15) is 5.69 Å². The molecule has 0 spiro atoms. The Kier molecular flexibility index (Phi) is 5.03. The van der Waals surface area contributed by atoms with Crippen LogP contribution in [0.5, 0.6) is 0 Å². The summed E-state index contributed by atoms with van der Waals surface area (Å²) in [5.74, 6) is -2.07. The molecule has 7 nitrogen and oxygen atoms in total. The van der Waals surface area contributed by atoms with Gasteiger partial charge < -0.3 is 4.74 Å². The van der Waals surface area contributed by atoms with E-state index in [9.17, 15) is 19.7 Å². The minimum absolute atomic E-state index is 0.00162. The van der Waals surface area contributed by atoms with Crippen molar-refractivity contribution in [2.75, 3.05) is 11.5 Å². The van der Waals surface area contributed by atoms with Crippen LogP contribution in [0, 0.1) is 10.1 Å². The van der Waals surface area contributed by atoms with Gasteiger partial charge in [0.05, 0.1) is 11.5 Å². The number of nitrogens with zero attached hydrogens (tertiary/aromatic N) is 2. The van der Waals surface area contributed by atoms with E-state index in [2.05, 4.69) is 0 Å². The second kappa shape index (κ2) is 7.17. The molecule has 0 aliphatic carbocycles. The van der Waals surface area contributed by atoms with E-state index in [1.165, 1.54) is 18.2 Å². The zero-order chi connectivity index (χ0) is 16.8. The summed E-state index contributed by atoms with van der Waals surface area (Å²) in [5.41, 5.74) is 0.0515. The van der Waals surface area contributed by atoms with E-state index in [0.717, 1.165) is 4.90 Å². The number of esters is 1. The predicted octanol–water partition coefficient (Wildman–Crippen LogP) is 2.82. The van der Waals surface area contributed by atoms with E-state index in [-0.39, 0.29) is 18.0 Å². The zero-order valence-electron chi connectivity index (χ0n) is 12.3. The van der Waals surface area contributed by atoms with Gasteiger partial charge in [0.25, 0.3) is 5.69 Å². The second-order valence-electron chi connectivity index (χ2n) is 4.44. The van der Waals surface area contributed by atoms with Crippen molar-refractivity contribution < 1.29 is 19.2 Å². The van der Waals surface area contributed by atoms with E-state index in [1.54, 1.807) is 43.3 Å². The average Bonchev–Trinajstić information content (AvgIpc) is 2.56. The Bertz CT molecular complexity index is 730. The topological polar surface area (TPSA) is 89.8 Å². The normalized spacial score (nSPS) is 9.96. The van der Waals surface area contributed by atoms with Crippen LogP contribution in [0.2, 0.25) is 0 Å². The fraction of sp³-hybridized carbons (Fsp3) is 0.125. The summed E-state index contributed by atoms with van der Waals surface area (Å²) in [7, 11) is 0. The number of hydrogen-bond donors (Lipinski definition) is 0. The number of rotatable bonds is 4. The fourth-order valence-electron chi connectivity index (χ4n) is 2.03. The molecular formula is C16H14N2O5. The van der Waals surface area contributed by atoms with Crippen molar-refractivity contribution in [3.63, 3.8) is 0 Å². The molecule has 0 aliphatic heterocycles. The van der Waals surface area contributed by atoms with Crippen LogP contribution >= 0.6 is 0 Å². The first-order valence-electron chi connectivity index (χ1n) is 6.86. The number of anilines is 2. The van der Waals surface area contributed by atoms with Crippen LogP contribution in [0.4, 0.5) is 17.1 Å². The van der Waals surface area contributed by atoms with Gasteiger partial charge in [-0.05, 0) is 25.1 Å². The number of hydrogen-bond acceptors (Lipinski definition) is 5. The van der Waals surface area contributed by atoms with Gasteiger partial charge in [-0.25, -0.2) is 4.79 Å². The summed E-state index contributed by atoms with van der Waals surface area (Å²) in [6.07, 6.45) is 0. The molecule has 0 unspecified atom stereocenters. The Morgan fingerprint density at radius 2 is 1.70 bits per heavy atom. The molecule has 0 saturated carbocycles. The monoisotopic (exact) mass is 314 g/mol. The maximum absolute atomic E-state index is 12.4. The lowest BCUT2D eigenvalue weighted by molar-refractivity contribution is -0.384. The zero-order valence-corrected chi connectivity index (χ0v) is 12.3. The summed E-state index contributed by atoms with van der Waals surface area (Å²) in [6.45, 7) is 1.60. The highest BCUT2D eigenvalue weighted by atomic mass is 16.6. The molecular weight excluding hydrogens is 300 g/mol. The average molecular weight is 314 g/mol. The first-order chi connectivity index (χ1) is 11.1. The molecule has 0 saturated heterocycles. The van der Waals surface area contributed by atoms with Gasteiger partial charge in [0.15, 0.2) is 0 Å². The molecule has 0 heterocycles. The number of amides is 1. The number of carbonyl (C=O) groups is 2. The first-order valence-corrected chi connectivity index (χ1v) is 6.86. The SMILES string of the molecule is CCOC(=O)C(=O)N(c1ccccc1)c1ccccc1[N+](=O)[O-]. The first kappa shape index (κ1) is 16.2. The molecule has 0 aliphatic rings. The summed E-state index contributed by atoms with van der Waals surface area (Å²) >= 11 is 0. The molecule has 0 fully saturated rings. The van der Waals surface area contributed by atoms with Crippen LogP contribution < -0.4 is 4.90 Å². The largest absolute Gasteiger partial charge is 0.459 e. The van der Waals surface area contributed by atoms with E-state index in [4.69, 9.17) is 4.74 Å². The Balaban J connectivity index is 2.57. The van der Waals surface area contributed by atoms with Crippen LogP contribution in [0.3, 0.4) is 0 Å². The molecule has 7 heteroatoms. The van der Waals surface area contributed by atoms with Crippen LogP contribution in [0.1, 0.15) is 6.92 Å². The molecule has 118 valence electrons. The predicted molar refractivity (Wildman–Crippen MR) is 83.3 cm³/mol. The number of ether oxygens (including phenoxy) is 1. The van der Waals surface area contributed by atoms with E-state index in [1.807, 2.05) is 0 Å². The van der Waals surface area contributed by atoms with Crippen molar-refractivity contribution in [3.05, 3.63) is 64.7 Å². The number of para-hydroxylation sites is 3.